The quantitative estimate of drug-likeness (QED) is 0.643. The summed E-state index contributed by atoms with van der Waals surface area (Å²) in [5, 5.41) is 24.7. The number of benzene rings is 1. The van der Waals surface area contributed by atoms with Crippen LogP contribution in [0.2, 0.25) is 0 Å². The summed E-state index contributed by atoms with van der Waals surface area (Å²) >= 11 is 0. The molecule has 0 spiro atoms. The number of nitro groups is 1. The second kappa shape index (κ2) is 7.06. The van der Waals surface area contributed by atoms with Gasteiger partial charge in [0.15, 0.2) is 0 Å². The zero-order valence-corrected chi connectivity index (χ0v) is 13.1. The first kappa shape index (κ1) is 16.5. The lowest BCUT2D eigenvalue weighted by Crippen LogP contribution is -2.33. The highest BCUT2D eigenvalue weighted by molar-refractivity contribution is 5.22. The number of rotatable bonds is 6. The molecule has 8 heteroatoms. The van der Waals surface area contributed by atoms with Crippen molar-refractivity contribution in [3.63, 3.8) is 0 Å². The second-order valence-corrected chi connectivity index (χ2v) is 6.13. The van der Waals surface area contributed by atoms with E-state index in [-0.39, 0.29) is 18.0 Å². The molecule has 0 aliphatic carbocycles. The SMILES string of the molecule is O=[N+]([O-])c1cnn(CC(O)CN2CCC(c3ccc(F)cc3)C2)c1. The molecule has 128 valence electrons. The van der Waals surface area contributed by atoms with E-state index >= 15 is 0 Å². The van der Waals surface area contributed by atoms with Crippen molar-refractivity contribution >= 4 is 5.69 Å². The topological polar surface area (TPSA) is 84.4 Å². The van der Waals surface area contributed by atoms with Gasteiger partial charge in [0.2, 0.25) is 0 Å². The first-order valence-electron chi connectivity index (χ1n) is 7.84. The highest BCUT2D eigenvalue weighted by atomic mass is 19.1. The van der Waals surface area contributed by atoms with Crippen LogP contribution in [0.15, 0.2) is 36.7 Å². The average molecular weight is 334 g/mol. The van der Waals surface area contributed by atoms with Crippen LogP contribution < -0.4 is 0 Å². The molecule has 0 saturated carbocycles. The van der Waals surface area contributed by atoms with Crippen molar-refractivity contribution in [2.24, 2.45) is 0 Å². The van der Waals surface area contributed by atoms with Gasteiger partial charge < -0.3 is 10.0 Å². The van der Waals surface area contributed by atoms with Gasteiger partial charge >= 0.3 is 5.69 Å². The molecule has 1 N–H and O–H groups in total. The third-order valence-electron chi connectivity index (χ3n) is 4.31. The predicted molar refractivity (Wildman–Crippen MR) is 85.1 cm³/mol. The first-order valence-corrected chi connectivity index (χ1v) is 7.84. The van der Waals surface area contributed by atoms with Crippen molar-refractivity contribution < 1.29 is 14.4 Å². The molecule has 0 bridgehead atoms. The molecule has 2 unspecified atom stereocenters. The molecule has 2 aromatic rings. The molecule has 0 amide bonds. The van der Waals surface area contributed by atoms with Gasteiger partial charge in [0.05, 0.1) is 17.6 Å². The van der Waals surface area contributed by atoms with Crippen LogP contribution >= 0.6 is 0 Å². The van der Waals surface area contributed by atoms with Gasteiger partial charge in [-0.2, -0.15) is 5.10 Å². The molecule has 1 aromatic carbocycles. The fraction of sp³-hybridized carbons (Fsp3) is 0.438. The second-order valence-electron chi connectivity index (χ2n) is 6.13. The van der Waals surface area contributed by atoms with Crippen molar-refractivity contribution in [1.82, 2.24) is 14.7 Å². The zero-order valence-electron chi connectivity index (χ0n) is 13.1. The van der Waals surface area contributed by atoms with E-state index in [1.54, 1.807) is 0 Å². The molecule has 1 aliphatic rings. The van der Waals surface area contributed by atoms with Gasteiger partial charge in [-0.1, -0.05) is 12.1 Å². The lowest BCUT2D eigenvalue weighted by molar-refractivity contribution is -0.385. The van der Waals surface area contributed by atoms with Crippen LogP contribution in [0.25, 0.3) is 0 Å². The number of likely N-dealkylation sites (tertiary alicyclic amines) is 1. The molecule has 2 heterocycles. The van der Waals surface area contributed by atoms with Crippen molar-refractivity contribution in [3.8, 4) is 0 Å². The number of β-amino-alcohol motifs (C(OH)–C–C–N with tert-alkyl or cyclic N) is 1. The summed E-state index contributed by atoms with van der Waals surface area (Å²) in [5.41, 5.74) is 1.02. The van der Waals surface area contributed by atoms with Crippen molar-refractivity contribution in [2.75, 3.05) is 19.6 Å². The third-order valence-corrected chi connectivity index (χ3v) is 4.31. The van der Waals surface area contributed by atoms with Crippen molar-refractivity contribution in [3.05, 3.63) is 58.2 Å². The van der Waals surface area contributed by atoms with E-state index in [9.17, 15) is 19.6 Å². The minimum atomic E-state index is -0.656. The summed E-state index contributed by atoms with van der Waals surface area (Å²) in [6.45, 7) is 2.36. The van der Waals surface area contributed by atoms with Gasteiger partial charge in [0.1, 0.15) is 18.2 Å². The van der Waals surface area contributed by atoms with Gasteiger partial charge in [-0.3, -0.25) is 14.8 Å². The first-order chi connectivity index (χ1) is 11.5. The summed E-state index contributed by atoms with van der Waals surface area (Å²) < 4.78 is 14.4. The van der Waals surface area contributed by atoms with Gasteiger partial charge in [0.25, 0.3) is 0 Å². The Hall–Kier alpha value is -2.32. The number of nitrogens with zero attached hydrogens (tertiary/aromatic N) is 4. The third kappa shape index (κ3) is 3.95. The van der Waals surface area contributed by atoms with E-state index in [1.165, 1.54) is 29.2 Å². The van der Waals surface area contributed by atoms with Crippen LogP contribution in [-0.4, -0.2) is 50.4 Å². The highest BCUT2D eigenvalue weighted by Gasteiger charge is 2.25. The summed E-state index contributed by atoms with van der Waals surface area (Å²) in [5.74, 6) is 0.0981. The Morgan fingerprint density at radius 3 is 2.79 bits per heavy atom. The monoisotopic (exact) mass is 334 g/mol. The zero-order chi connectivity index (χ0) is 17.1. The summed E-state index contributed by atoms with van der Waals surface area (Å²) in [6, 6.07) is 6.56. The minimum Gasteiger partial charge on any atom is -0.390 e. The Kier molecular flexibility index (Phi) is 4.86. The molecule has 24 heavy (non-hydrogen) atoms. The van der Waals surface area contributed by atoms with E-state index in [0.717, 1.165) is 25.1 Å². The van der Waals surface area contributed by atoms with E-state index in [0.29, 0.717) is 12.5 Å². The molecular weight excluding hydrogens is 315 g/mol. The summed E-state index contributed by atoms with van der Waals surface area (Å²) in [7, 11) is 0. The Labute approximate surface area is 138 Å². The Balaban J connectivity index is 1.51. The molecule has 7 nitrogen and oxygen atoms in total. The average Bonchev–Trinajstić information content (AvgIpc) is 3.17. The van der Waals surface area contributed by atoms with Gasteiger partial charge in [-0.25, -0.2) is 4.39 Å². The van der Waals surface area contributed by atoms with Crippen LogP contribution in [0.3, 0.4) is 0 Å². The predicted octanol–water partition coefficient (Wildman–Crippen LogP) is 1.78. The summed E-state index contributed by atoms with van der Waals surface area (Å²) in [6.07, 6.45) is 2.80. The fourth-order valence-corrected chi connectivity index (χ4v) is 3.12. The van der Waals surface area contributed by atoms with E-state index in [2.05, 4.69) is 10.00 Å². The largest absolute Gasteiger partial charge is 0.390 e. The van der Waals surface area contributed by atoms with Crippen molar-refractivity contribution in [2.45, 2.75) is 25.0 Å². The van der Waals surface area contributed by atoms with Crippen LogP contribution in [0.4, 0.5) is 10.1 Å². The van der Waals surface area contributed by atoms with Crippen LogP contribution in [0.5, 0.6) is 0 Å². The number of aliphatic hydroxyl groups is 1. The number of aliphatic hydroxyl groups excluding tert-OH is 1. The maximum Gasteiger partial charge on any atom is 0.306 e. The van der Waals surface area contributed by atoms with Crippen LogP contribution in [0.1, 0.15) is 17.9 Å². The lowest BCUT2D eigenvalue weighted by Gasteiger charge is -2.20. The minimum absolute atomic E-state index is 0.0836. The van der Waals surface area contributed by atoms with Gasteiger partial charge in [-0.05, 0) is 36.6 Å². The van der Waals surface area contributed by atoms with Gasteiger partial charge in [-0.15, -0.1) is 0 Å². The summed E-state index contributed by atoms with van der Waals surface area (Å²) in [4.78, 5) is 12.3. The number of hydrogen-bond acceptors (Lipinski definition) is 5. The molecule has 2 atom stereocenters. The Bertz CT molecular complexity index is 704. The van der Waals surface area contributed by atoms with Crippen LogP contribution in [0, 0.1) is 15.9 Å². The molecule has 3 rings (SSSR count). The standard InChI is InChI=1S/C16H19FN4O3/c17-14-3-1-12(2-4-14)13-5-6-19(8-13)10-16(22)11-20-9-15(7-18-20)21(23)24/h1-4,7,9,13,16,22H,5-6,8,10-11H2. The molecular formula is C16H19FN4O3. The Morgan fingerprint density at radius 2 is 2.12 bits per heavy atom. The van der Waals surface area contributed by atoms with Crippen LogP contribution in [-0.2, 0) is 6.54 Å². The molecule has 1 fully saturated rings. The van der Waals surface area contributed by atoms with E-state index in [4.69, 9.17) is 0 Å². The molecule has 1 aromatic heterocycles. The van der Waals surface area contributed by atoms with Crippen molar-refractivity contribution in [1.29, 1.82) is 0 Å². The van der Waals surface area contributed by atoms with E-state index in [1.807, 2.05) is 12.1 Å². The smallest absolute Gasteiger partial charge is 0.306 e. The molecule has 1 saturated heterocycles. The lowest BCUT2D eigenvalue weighted by atomic mass is 9.99. The fourth-order valence-electron chi connectivity index (χ4n) is 3.12. The highest BCUT2D eigenvalue weighted by Crippen LogP contribution is 2.27. The number of halogens is 1. The van der Waals surface area contributed by atoms with E-state index < -0.39 is 11.0 Å². The Morgan fingerprint density at radius 1 is 1.38 bits per heavy atom. The maximum atomic E-state index is 13.0. The maximum absolute atomic E-state index is 13.0. The van der Waals surface area contributed by atoms with Gasteiger partial charge in [0, 0.05) is 13.1 Å². The molecule has 1 aliphatic heterocycles. The molecule has 0 radical (unpaired) electrons. The normalized spacial score (nSPS) is 19.5. The number of aromatic nitrogens is 2. The number of hydrogen-bond donors (Lipinski definition) is 1.